The van der Waals surface area contributed by atoms with Crippen LogP contribution in [0.25, 0.3) is 0 Å². The number of thiocarbonyl (C=S) groups is 1. The van der Waals surface area contributed by atoms with Gasteiger partial charge in [0.25, 0.3) is 0 Å². The summed E-state index contributed by atoms with van der Waals surface area (Å²) in [4.78, 5) is 8.70. The molecule has 2 rings (SSSR count). The molecule has 3 nitrogen and oxygen atoms in total. The first-order chi connectivity index (χ1) is 5.88. The lowest BCUT2D eigenvalue weighted by Crippen LogP contribution is -2.17. The lowest BCUT2D eigenvalue weighted by atomic mass is 10.2. The van der Waals surface area contributed by atoms with Gasteiger partial charge < -0.3 is 0 Å². The molecule has 0 spiro atoms. The van der Waals surface area contributed by atoms with Crippen molar-refractivity contribution in [3.05, 3.63) is 31.0 Å². The Hall–Kier alpha value is -1.29. The Morgan fingerprint density at radius 3 is 3.00 bits per heavy atom. The van der Waals surface area contributed by atoms with Crippen LogP contribution in [0.1, 0.15) is 0 Å². The van der Waals surface area contributed by atoms with Crippen LogP contribution in [0.3, 0.4) is 0 Å². The van der Waals surface area contributed by atoms with Crippen LogP contribution in [0.5, 0.6) is 0 Å². The molecule has 0 bridgehead atoms. The van der Waals surface area contributed by atoms with Crippen molar-refractivity contribution in [3.63, 3.8) is 0 Å². The van der Waals surface area contributed by atoms with Crippen molar-refractivity contribution in [1.29, 1.82) is 0 Å². The lowest BCUT2D eigenvalue weighted by Gasteiger charge is -2.06. The molecule has 0 amide bonds. The van der Waals surface area contributed by atoms with Crippen LogP contribution in [0.15, 0.2) is 36.0 Å². The summed E-state index contributed by atoms with van der Waals surface area (Å²) in [7, 11) is 0. The molecule has 0 aliphatic carbocycles. The summed E-state index contributed by atoms with van der Waals surface area (Å²) in [5, 5.41) is 0. The number of imidazole rings is 1. The average Bonchev–Trinajstić information content (AvgIpc) is 2.77. The Labute approximate surface area is 75.5 Å². The highest BCUT2D eigenvalue weighted by Crippen LogP contribution is 2.07. The Balaban J connectivity index is 2.21. The number of aromatic nitrogens is 2. The van der Waals surface area contributed by atoms with Gasteiger partial charge in [0, 0.05) is 24.8 Å². The normalized spacial score (nSPS) is 20.2. The minimum atomic E-state index is 0.147. The van der Waals surface area contributed by atoms with Gasteiger partial charge in [-0.1, -0.05) is 18.3 Å². The van der Waals surface area contributed by atoms with Crippen molar-refractivity contribution in [3.8, 4) is 0 Å². The molecule has 4 heteroatoms. The average molecular weight is 177 g/mol. The summed E-state index contributed by atoms with van der Waals surface area (Å²) in [5.41, 5.74) is 0. The Kier molecular flexibility index (Phi) is 1.83. The molecule has 60 valence electrons. The van der Waals surface area contributed by atoms with Gasteiger partial charge in [-0.25, -0.2) is 4.98 Å². The highest BCUT2D eigenvalue weighted by Gasteiger charge is 2.12. The van der Waals surface area contributed by atoms with E-state index in [2.05, 4.69) is 9.98 Å². The second-order valence-electron chi connectivity index (χ2n) is 2.47. The zero-order valence-corrected chi connectivity index (χ0v) is 7.11. The van der Waals surface area contributed by atoms with Crippen LogP contribution < -0.4 is 0 Å². The standard InChI is InChI=1S/C8H7N3S/c12-8(7-1-2-9-5-7)11-4-3-10-6-11/h1-7H. The second-order valence-corrected chi connectivity index (χ2v) is 2.89. The van der Waals surface area contributed by atoms with E-state index >= 15 is 0 Å². The van der Waals surface area contributed by atoms with E-state index in [1.165, 1.54) is 0 Å². The van der Waals surface area contributed by atoms with E-state index in [4.69, 9.17) is 12.2 Å². The Morgan fingerprint density at radius 1 is 1.50 bits per heavy atom. The quantitative estimate of drug-likeness (QED) is 0.605. The highest BCUT2D eigenvalue weighted by atomic mass is 32.1. The third kappa shape index (κ3) is 1.21. The third-order valence-electron chi connectivity index (χ3n) is 1.67. The second kappa shape index (κ2) is 2.98. The smallest absolute Gasteiger partial charge is 0.0997 e. The van der Waals surface area contributed by atoms with Crippen LogP contribution in [0.4, 0.5) is 0 Å². The van der Waals surface area contributed by atoms with Crippen molar-refractivity contribution in [2.24, 2.45) is 10.9 Å². The molecule has 0 saturated carbocycles. The summed E-state index contributed by atoms with van der Waals surface area (Å²) in [6.07, 6.45) is 10.8. The first-order valence-corrected chi connectivity index (χ1v) is 4.01. The predicted octanol–water partition coefficient (Wildman–Crippen LogP) is 1.27. The van der Waals surface area contributed by atoms with E-state index in [-0.39, 0.29) is 5.92 Å². The summed E-state index contributed by atoms with van der Waals surface area (Å²) in [6.45, 7) is 0. The van der Waals surface area contributed by atoms with Crippen LogP contribution in [-0.2, 0) is 0 Å². The molecule has 12 heavy (non-hydrogen) atoms. The molecular formula is C8H7N3S. The highest BCUT2D eigenvalue weighted by molar-refractivity contribution is 7.80. The van der Waals surface area contributed by atoms with E-state index in [1.54, 1.807) is 18.7 Å². The van der Waals surface area contributed by atoms with E-state index < -0.39 is 0 Å². The van der Waals surface area contributed by atoms with Gasteiger partial charge in [0.2, 0.25) is 0 Å². The van der Waals surface area contributed by atoms with E-state index in [1.807, 2.05) is 23.1 Å². The molecule has 1 aromatic rings. The fraction of sp³-hybridized carbons (Fsp3) is 0.125. The first-order valence-electron chi connectivity index (χ1n) is 3.60. The number of hydrogen-bond acceptors (Lipinski definition) is 3. The van der Waals surface area contributed by atoms with Crippen molar-refractivity contribution < 1.29 is 0 Å². The number of aliphatic imine (C=N–C) groups is 1. The zero-order valence-electron chi connectivity index (χ0n) is 6.29. The summed E-state index contributed by atoms with van der Waals surface area (Å²) >= 11 is 5.21. The van der Waals surface area contributed by atoms with Gasteiger partial charge in [-0.2, -0.15) is 0 Å². The van der Waals surface area contributed by atoms with Gasteiger partial charge in [0.1, 0.15) is 0 Å². The maximum atomic E-state index is 5.21. The van der Waals surface area contributed by atoms with E-state index in [0.717, 1.165) is 4.99 Å². The topological polar surface area (TPSA) is 30.2 Å². The minimum Gasteiger partial charge on any atom is -0.299 e. The van der Waals surface area contributed by atoms with Gasteiger partial charge in [-0.3, -0.25) is 9.56 Å². The fourth-order valence-electron chi connectivity index (χ4n) is 1.04. The monoisotopic (exact) mass is 177 g/mol. The SMILES string of the molecule is S=C(C1C=CN=C1)n1ccnc1. The van der Waals surface area contributed by atoms with Gasteiger partial charge in [-0.15, -0.1) is 0 Å². The molecule has 1 atom stereocenters. The molecule has 1 aliphatic rings. The molecule has 1 unspecified atom stereocenters. The maximum Gasteiger partial charge on any atom is 0.0997 e. The van der Waals surface area contributed by atoms with Gasteiger partial charge in [0.05, 0.1) is 17.2 Å². The zero-order chi connectivity index (χ0) is 8.39. The van der Waals surface area contributed by atoms with E-state index in [0.29, 0.717) is 0 Å². The summed E-state index contributed by atoms with van der Waals surface area (Å²) in [5.74, 6) is 0.147. The van der Waals surface area contributed by atoms with E-state index in [9.17, 15) is 0 Å². The maximum absolute atomic E-state index is 5.21. The van der Waals surface area contributed by atoms with Gasteiger partial charge in [0.15, 0.2) is 0 Å². The molecule has 0 fully saturated rings. The molecule has 1 aromatic heterocycles. The van der Waals surface area contributed by atoms with Crippen molar-refractivity contribution >= 4 is 23.4 Å². The van der Waals surface area contributed by atoms with Crippen LogP contribution in [0, 0.1) is 5.92 Å². The fourth-order valence-corrected chi connectivity index (χ4v) is 1.29. The van der Waals surface area contributed by atoms with Crippen LogP contribution >= 0.6 is 12.2 Å². The first kappa shape index (κ1) is 7.36. The van der Waals surface area contributed by atoms with Gasteiger partial charge >= 0.3 is 0 Å². The minimum absolute atomic E-state index is 0.147. The van der Waals surface area contributed by atoms with Gasteiger partial charge in [-0.05, 0) is 0 Å². The summed E-state index contributed by atoms with van der Waals surface area (Å²) in [6, 6.07) is 0. The molecule has 0 radical (unpaired) electrons. The lowest BCUT2D eigenvalue weighted by molar-refractivity contribution is 1.08. The number of rotatable bonds is 1. The third-order valence-corrected chi connectivity index (χ3v) is 2.15. The van der Waals surface area contributed by atoms with Crippen molar-refractivity contribution in [1.82, 2.24) is 9.55 Å². The molecule has 1 aliphatic heterocycles. The molecular weight excluding hydrogens is 170 g/mol. The molecule has 2 heterocycles. The number of allylic oxidation sites excluding steroid dienone is 1. The molecule has 0 saturated heterocycles. The molecule has 0 aromatic carbocycles. The van der Waals surface area contributed by atoms with Crippen LogP contribution in [0.2, 0.25) is 0 Å². The Bertz CT molecular complexity index is 325. The van der Waals surface area contributed by atoms with Crippen LogP contribution in [-0.4, -0.2) is 20.8 Å². The largest absolute Gasteiger partial charge is 0.299 e. The van der Waals surface area contributed by atoms with Crippen molar-refractivity contribution in [2.45, 2.75) is 0 Å². The number of nitrogens with zero attached hydrogens (tertiary/aromatic N) is 3. The number of hydrogen-bond donors (Lipinski definition) is 0. The van der Waals surface area contributed by atoms with Crippen molar-refractivity contribution in [2.75, 3.05) is 0 Å². The Morgan fingerprint density at radius 2 is 2.42 bits per heavy atom. The predicted molar refractivity (Wildman–Crippen MR) is 51.3 cm³/mol. The molecule has 0 N–H and O–H groups in total. The summed E-state index contributed by atoms with van der Waals surface area (Å²) < 4.78 is 1.82.